The van der Waals surface area contributed by atoms with Gasteiger partial charge in [0.1, 0.15) is 5.75 Å². The van der Waals surface area contributed by atoms with E-state index in [1.54, 1.807) is 18.1 Å². The van der Waals surface area contributed by atoms with E-state index in [0.29, 0.717) is 5.88 Å². The summed E-state index contributed by atoms with van der Waals surface area (Å²) in [7, 11) is 1.64. The fraction of sp³-hybridized carbons (Fsp3) is 0.368. The van der Waals surface area contributed by atoms with Crippen LogP contribution in [0.2, 0.25) is 0 Å². The van der Waals surface area contributed by atoms with Crippen LogP contribution in [0.1, 0.15) is 19.3 Å². The van der Waals surface area contributed by atoms with Crippen molar-refractivity contribution in [3.63, 3.8) is 0 Å². The molecule has 1 aliphatic rings. The van der Waals surface area contributed by atoms with Crippen molar-refractivity contribution < 1.29 is 18.8 Å². The Labute approximate surface area is 176 Å². The van der Waals surface area contributed by atoms with Gasteiger partial charge in [0.25, 0.3) is 6.20 Å². The van der Waals surface area contributed by atoms with Crippen molar-refractivity contribution in [2.24, 2.45) is 0 Å². The first kappa shape index (κ1) is 19.7. The summed E-state index contributed by atoms with van der Waals surface area (Å²) in [6, 6.07) is 7.75. The van der Waals surface area contributed by atoms with Crippen LogP contribution in [0, 0.1) is 0 Å². The van der Waals surface area contributed by atoms with E-state index in [-0.39, 0.29) is 11.7 Å². The van der Waals surface area contributed by atoms with Crippen molar-refractivity contribution in [1.82, 2.24) is 10.3 Å². The Bertz CT molecular complexity index is 951. The number of thiazole rings is 1. The van der Waals surface area contributed by atoms with Crippen LogP contribution < -0.4 is 19.9 Å². The Hall–Kier alpha value is -2.59. The number of benzene rings is 1. The first-order chi connectivity index (χ1) is 14.2. The molecule has 1 saturated heterocycles. The monoisotopic (exact) mass is 432 g/mol. The number of thioether (sulfide) groups is 1. The Kier molecular flexibility index (Phi) is 6.30. The van der Waals surface area contributed by atoms with Gasteiger partial charge in [0, 0.05) is 10.9 Å². The number of piperidine rings is 1. The second-order valence-electron chi connectivity index (χ2n) is 6.56. The van der Waals surface area contributed by atoms with Gasteiger partial charge in [0.15, 0.2) is 4.34 Å². The van der Waals surface area contributed by atoms with Gasteiger partial charge in [-0.25, -0.2) is 4.98 Å². The topological polar surface area (TPSA) is 84.4 Å². The number of carbonyl (C=O) groups excluding carboxylic acids is 1. The van der Waals surface area contributed by atoms with Gasteiger partial charge in [0.2, 0.25) is 11.2 Å². The number of ether oxygens (including phenoxy) is 1. The normalized spacial score (nSPS) is 14.0. The Morgan fingerprint density at radius 3 is 2.86 bits per heavy atom. The predicted molar refractivity (Wildman–Crippen MR) is 112 cm³/mol. The summed E-state index contributed by atoms with van der Waals surface area (Å²) in [6.07, 6.45) is 5.24. The third-order valence-corrected chi connectivity index (χ3v) is 6.56. The minimum absolute atomic E-state index is 0.154. The van der Waals surface area contributed by atoms with Gasteiger partial charge in [-0.3, -0.25) is 14.6 Å². The van der Waals surface area contributed by atoms with Gasteiger partial charge in [-0.05, 0) is 43.5 Å². The molecule has 4 rings (SSSR count). The van der Waals surface area contributed by atoms with E-state index in [4.69, 9.17) is 9.26 Å². The molecule has 0 bridgehead atoms. The number of nitrogens with zero attached hydrogens (tertiary/aromatic N) is 4. The van der Waals surface area contributed by atoms with E-state index in [1.165, 1.54) is 29.5 Å². The maximum Gasteiger partial charge on any atom is 0.305 e. The van der Waals surface area contributed by atoms with Crippen LogP contribution >= 0.6 is 23.1 Å². The van der Waals surface area contributed by atoms with Gasteiger partial charge in [0.05, 0.1) is 36.4 Å². The quantitative estimate of drug-likeness (QED) is 0.454. The molecule has 0 saturated carbocycles. The molecule has 0 aliphatic carbocycles. The molecule has 0 unspecified atom stereocenters. The van der Waals surface area contributed by atoms with E-state index in [2.05, 4.69) is 20.6 Å². The van der Waals surface area contributed by atoms with E-state index >= 15 is 0 Å². The highest BCUT2D eigenvalue weighted by Gasteiger charge is 2.23. The molecule has 1 amide bonds. The summed E-state index contributed by atoms with van der Waals surface area (Å²) in [5.74, 6) is 1.25. The number of methoxy groups -OCH3 is 1. The number of hydrogen-bond acceptors (Lipinski definition) is 8. The largest absolute Gasteiger partial charge is 0.497 e. The summed E-state index contributed by atoms with van der Waals surface area (Å²) in [5.41, 5.74) is 1.90. The number of amides is 1. The van der Waals surface area contributed by atoms with Crippen LogP contribution in [0.5, 0.6) is 5.75 Å². The molecule has 8 nitrogen and oxygen atoms in total. The molecule has 10 heteroatoms. The fourth-order valence-electron chi connectivity index (χ4n) is 3.03. The van der Waals surface area contributed by atoms with Gasteiger partial charge in [-0.15, -0.1) is 11.3 Å². The molecule has 1 aromatic carbocycles. The molecule has 1 N–H and O–H groups in total. The van der Waals surface area contributed by atoms with Crippen LogP contribution in [0.15, 0.2) is 44.7 Å². The molecule has 3 heterocycles. The maximum atomic E-state index is 12.2. The summed E-state index contributed by atoms with van der Waals surface area (Å²) in [5, 5.41) is 10.8. The molecule has 0 radical (unpaired) electrons. The Balaban J connectivity index is 1.28. The first-order valence-corrected chi connectivity index (χ1v) is 11.2. The van der Waals surface area contributed by atoms with Crippen molar-refractivity contribution in [3.05, 3.63) is 35.8 Å². The summed E-state index contributed by atoms with van der Waals surface area (Å²) < 4.78 is 11.2. The molecule has 152 valence electrons. The highest BCUT2D eigenvalue weighted by Crippen LogP contribution is 2.29. The molecule has 1 fully saturated rings. The van der Waals surface area contributed by atoms with Crippen LogP contribution in [0.25, 0.3) is 11.3 Å². The van der Waals surface area contributed by atoms with Crippen LogP contribution in [0.3, 0.4) is 0 Å². The molecular weight excluding hydrogens is 410 g/mol. The van der Waals surface area contributed by atoms with Crippen LogP contribution in [-0.4, -0.2) is 42.1 Å². The zero-order valence-corrected chi connectivity index (χ0v) is 17.7. The van der Waals surface area contributed by atoms with Crippen molar-refractivity contribution in [3.8, 4) is 17.0 Å². The molecule has 3 aromatic rings. The van der Waals surface area contributed by atoms with Gasteiger partial charge in [-0.1, -0.05) is 11.8 Å². The lowest BCUT2D eigenvalue weighted by atomic mass is 10.2. The van der Waals surface area contributed by atoms with Gasteiger partial charge < -0.3 is 4.74 Å². The number of hydrogen-bond donors (Lipinski definition) is 1. The average molecular weight is 433 g/mol. The van der Waals surface area contributed by atoms with E-state index in [1.807, 2.05) is 29.6 Å². The second-order valence-corrected chi connectivity index (χ2v) is 8.65. The molecule has 1 aliphatic heterocycles. The molecule has 29 heavy (non-hydrogen) atoms. The van der Waals surface area contributed by atoms with Crippen LogP contribution in [-0.2, 0) is 4.79 Å². The Morgan fingerprint density at radius 2 is 2.10 bits per heavy atom. The SMILES string of the molecule is COc1ccc(-c2csc(SCC(=O)Nc3c[n+](N4CCCCC4)no3)n2)cc1. The van der Waals surface area contributed by atoms with Crippen molar-refractivity contribution in [1.29, 1.82) is 0 Å². The third-order valence-electron chi connectivity index (χ3n) is 4.54. The number of aromatic nitrogens is 3. The molecular formula is C19H22N5O3S2+. The minimum Gasteiger partial charge on any atom is -0.497 e. The summed E-state index contributed by atoms with van der Waals surface area (Å²) in [4.78, 5) is 18.5. The van der Waals surface area contributed by atoms with E-state index < -0.39 is 0 Å². The maximum absolute atomic E-state index is 12.2. The highest BCUT2D eigenvalue weighted by atomic mass is 32.2. The number of anilines is 1. The number of carbonyl (C=O) groups is 1. The standard InChI is InChI=1S/C19H21N5O3S2/c1-26-15-7-5-14(6-8-15)16-12-28-19(20-16)29-13-17(25)21-18-11-24(22-27-18)23-9-3-2-4-10-23/h5-8,11-12H,2-4,9-10,13H2,1H3/p+1. The van der Waals surface area contributed by atoms with Crippen molar-refractivity contribution in [2.45, 2.75) is 23.6 Å². The zero-order chi connectivity index (χ0) is 20.1. The zero-order valence-electron chi connectivity index (χ0n) is 16.0. The lowest BCUT2D eigenvalue weighted by Crippen LogP contribution is -2.60. The molecule has 0 atom stereocenters. The van der Waals surface area contributed by atoms with Crippen molar-refractivity contribution >= 4 is 34.9 Å². The minimum atomic E-state index is -0.154. The number of rotatable bonds is 7. The lowest BCUT2D eigenvalue weighted by molar-refractivity contribution is -0.759. The first-order valence-electron chi connectivity index (χ1n) is 9.38. The van der Waals surface area contributed by atoms with E-state index in [0.717, 1.165) is 47.3 Å². The fourth-order valence-corrected chi connectivity index (χ4v) is 4.66. The molecule has 0 spiro atoms. The average Bonchev–Trinajstić information content (AvgIpc) is 3.43. The van der Waals surface area contributed by atoms with Crippen molar-refractivity contribution in [2.75, 3.05) is 36.3 Å². The second kappa shape index (κ2) is 9.27. The van der Waals surface area contributed by atoms with Gasteiger partial charge in [-0.2, -0.15) is 5.01 Å². The van der Waals surface area contributed by atoms with Crippen LogP contribution in [0.4, 0.5) is 5.88 Å². The smallest absolute Gasteiger partial charge is 0.305 e. The molecule has 2 aromatic heterocycles. The van der Waals surface area contributed by atoms with E-state index in [9.17, 15) is 4.79 Å². The number of nitrogens with one attached hydrogen (secondary N) is 1. The van der Waals surface area contributed by atoms with Gasteiger partial charge >= 0.3 is 5.88 Å². The third kappa shape index (κ3) is 5.07. The summed E-state index contributed by atoms with van der Waals surface area (Å²) in [6.45, 7) is 1.89. The predicted octanol–water partition coefficient (Wildman–Crippen LogP) is 2.95. The highest BCUT2D eigenvalue weighted by molar-refractivity contribution is 8.01. The lowest BCUT2D eigenvalue weighted by Gasteiger charge is -2.17. The Morgan fingerprint density at radius 1 is 1.31 bits per heavy atom. The summed E-state index contributed by atoms with van der Waals surface area (Å²) >= 11 is 2.92.